The summed E-state index contributed by atoms with van der Waals surface area (Å²) in [4.78, 5) is 10.3. The predicted octanol–water partition coefficient (Wildman–Crippen LogP) is 2.44. The second-order valence-electron chi connectivity index (χ2n) is 3.40. The highest BCUT2D eigenvalue weighted by Crippen LogP contribution is 2.25. The number of aliphatic carboxylic acids is 1. The minimum absolute atomic E-state index is 0.0145. The summed E-state index contributed by atoms with van der Waals surface area (Å²) in [5.41, 5.74) is 0.924. The molecule has 0 fully saturated rings. The molecule has 0 heterocycles. The number of rotatable bonds is 4. The van der Waals surface area contributed by atoms with Crippen LogP contribution in [0.3, 0.4) is 0 Å². The van der Waals surface area contributed by atoms with Crippen molar-refractivity contribution < 1.29 is 19.4 Å². The summed E-state index contributed by atoms with van der Waals surface area (Å²) < 4.78 is 12.9. The third-order valence-corrected chi connectivity index (χ3v) is 2.17. The van der Waals surface area contributed by atoms with Crippen LogP contribution in [0, 0.1) is 0 Å². The van der Waals surface area contributed by atoms with Gasteiger partial charge >= 0.3 is 5.97 Å². The van der Waals surface area contributed by atoms with Gasteiger partial charge in [-0.05, 0) is 36.6 Å². The lowest BCUT2D eigenvalue weighted by Gasteiger charge is -2.07. The highest BCUT2D eigenvalue weighted by atomic mass is 19.1. The van der Waals surface area contributed by atoms with E-state index in [2.05, 4.69) is 0 Å². The molecule has 0 aliphatic heterocycles. The number of alkyl halides is 1. The molecule has 0 radical (unpaired) electrons. The number of benzene rings is 1. The maximum absolute atomic E-state index is 12.9. The van der Waals surface area contributed by atoms with E-state index in [4.69, 9.17) is 5.11 Å². The van der Waals surface area contributed by atoms with E-state index >= 15 is 0 Å². The zero-order valence-corrected chi connectivity index (χ0v) is 8.40. The fourth-order valence-electron chi connectivity index (χ4n) is 1.29. The van der Waals surface area contributed by atoms with Crippen molar-refractivity contribution in [3.05, 3.63) is 29.3 Å². The van der Waals surface area contributed by atoms with E-state index in [0.717, 1.165) is 0 Å². The van der Waals surface area contributed by atoms with Crippen molar-refractivity contribution in [2.24, 2.45) is 0 Å². The summed E-state index contributed by atoms with van der Waals surface area (Å²) in [5, 5.41) is 17.9. The standard InChI is InChI=1S/C11H13FO3/c1-7(12)8-2-4-10(13)9(6-8)3-5-11(14)15/h2,4,6-7,13H,3,5H2,1H3,(H,14,15). The highest BCUT2D eigenvalue weighted by molar-refractivity contribution is 5.67. The number of halogens is 1. The molecule has 1 aromatic rings. The van der Waals surface area contributed by atoms with Crippen molar-refractivity contribution >= 4 is 5.97 Å². The summed E-state index contributed by atoms with van der Waals surface area (Å²) in [7, 11) is 0. The second-order valence-corrected chi connectivity index (χ2v) is 3.40. The van der Waals surface area contributed by atoms with Gasteiger partial charge in [-0.25, -0.2) is 4.39 Å². The van der Waals surface area contributed by atoms with Crippen LogP contribution in [0.2, 0.25) is 0 Å². The van der Waals surface area contributed by atoms with Crippen molar-refractivity contribution in [1.82, 2.24) is 0 Å². The van der Waals surface area contributed by atoms with Gasteiger partial charge in [0.25, 0.3) is 0 Å². The molecule has 1 aromatic carbocycles. The number of aryl methyl sites for hydroxylation is 1. The van der Waals surface area contributed by atoms with Gasteiger partial charge in [0.2, 0.25) is 0 Å². The number of aromatic hydroxyl groups is 1. The quantitative estimate of drug-likeness (QED) is 0.805. The Bertz CT molecular complexity index is 361. The van der Waals surface area contributed by atoms with Crippen LogP contribution in [0.5, 0.6) is 5.75 Å². The number of carboxylic acids is 1. The maximum atomic E-state index is 12.9. The van der Waals surface area contributed by atoms with E-state index < -0.39 is 12.1 Å². The van der Waals surface area contributed by atoms with Gasteiger partial charge < -0.3 is 10.2 Å². The number of carbonyl (C=O) groups is 1. The lowest BCUT2D eigenvalue weighted by Crippen LogP contribution is -1.98. The summed E-state index contributed by atoms with van der Waals surface area (Å²) in [5.74, 6) is -0.922. The molecule has 1 rings (SSSR count). The molecule has 0 saturated carbocycles. The smallest absolute Gasteiger partial charge is 0.303 e. The summed E-state index contributed by atoms with van der Waals surface area (Å²) in [6.45, 7) is 1.40. The zero-order valence-electron chi connectivity index (χ0n) is 8.40. The molecule has 1 atom stereocenters. The van der Waals surface area contributed by atoms with Crippen molar-refractivity contribution in [3.8, 4) is 5.75 Å². The Kier molecular flexibility index (Phi) is 3.66. The van der Waals surface area contributed by atoms with E-state index in [1.54, 1.807) is 0 Å². The van der Waals surface area contributed by atoms with Crippen molar-refractivity contribution in [1.29, 1.82) is 0 Å². The van der Waals surface area contributed by atoms with Gasteiger partial charge in [0.05, 0.1) is 0 Å². The number of hydrogen-bond donors (Lipinski definition) is 2. The first-order chi connectivity index (χ1) is 7.00. The number of hydrogen-bond acceptors (Lipinski definition) is 2. The molecule has 15 heavy (non-hydrogen) atoms. The summed E-state index contributed by atoms with van der Waals surface area (Å²) in [6, 6.07) is 4.38. The molecular weight excluding hydrogens is 199 g/mol. The van der Waals surface area contributed by atoms with E-state index in [9.17, 15) is 14.3 Å². The first-order valence-corrected chi connectivity index (χ1v) is 4.68. The van der Waals surface area contributed by atoms with Crippen LogP contribution in [-0.4, -0.2) is 16.2 Å². The zero-order chi connectivity index (χ0) is 11.4. The summed E-state index contributed by atoms with van der Waals surface area (Å²) in [6.07, 6.45) is -0.978. The van der Waals surface area contributed by atoms with Crippen LogP contribution in [-0.2, 0) is 11.2 Å². The molecule has 0 saturated heterocycles. The predicted molar refractivity (Wildman–Crippen MR) is 53.6 cm³/mol. The van der Waals surface area contributed by atoms with Gasteiger partial charge in [0, 0.05) is 6.42 Å². The van der Waals surface area contributed by atoms with Crippen molar-refractivity contribution in [2.75, 3.05) is 0 Å². The maximum Gasteiger partial charge on any atom is 0.303 e. The SMILES string of the molecule is CC(F)c1ccc(O)c(CCC(=O)O)c1. The molecule has 2 N–H and O–H groups in total. The Hall–Kier alpha value is -1.58. The summed E-state index contributed by atoms with van der Waals surface area (Å²) >= 11 is 0. The van der Waals surface area contributed by atoms with E-state index in [-0.39, 0.29) is 18.6 Å². The first-order valence-electron chi connectivity index (χ1n) is 4.68. The highest BCUT2D eigenvalue weighted by Gasteiger charge is 2.08. The molecular formula is C11H13FO3. The molecule has 0 aromatic heterocycles. The molecule has 0 bridgehead atoms. The Morgan fingerprint density at radius 2 is 2.20 bits per heavy atom. The lowest BCUT2D eigenvalue weighted by molar-refractivity contribution is -0.136. The molecule has 0 aliphatic rings. The van der Waals surface area contributed by atoms with Gasteiger partial charge in [0.15, 0.2) is 0 Å². The van der Waals surface area contributed by atoms with Crippen LogP contribution < -0.4 is 0 Å². The van der Waals surface area contributed by atoms with Crippen LogP contribution in [0.15, 0.2) is 18.2 Å². The number of phenols is 1. The van der Waals surface area contributed by atoms with Gasteiger partial charge in [0.1, 0.15) is 11.9 Å². The van der Waals surface area contributed by atoms with Crippen LogP contribution in [0.4, 0.5) is 4.39 Å². The largest absolute Gasteiger partial charge is 0.508 e. The lowest BCUT2D eigenvalue weighted by atomic mass is 10.0. The van der Waals surface area contributed by atoms with Crippen LogP contribution in [0.25, 0.3) is 0 Å². The third kappa shape index (κ3) is 3.23. The number of phenolic OH excluding ortho intramolecular Hbond substituents is 1. The van der Waals surface area contributed by atoms with E-state index in [1.807, 2.05) is 0 Å². The fraction of sp³-hybridized carbons (Fsp3) is 0.364. The molecule has 4 heteroatoms. The Balaban J connectivity index is 2.85. The minimum atomic E-state index is -1.12. The molecule has 1 unspecified atom stereocenters. The van der Waals surface area contributed by atoms with Crippen molar-refractivity contribution in [3.63, 3.8) is 0 Å². The van der Waals surface area contributed by atoms with Gasteiger partial charge in [-0.3, -0.25) is 4.79 Å². The average molecular weight is 212 g/mol. The third-order valence-electron chi connectivity index (χ3n) is 2.17. The average Bonchev–Trinajstić information content (AvgIpc) is 2.16. The molecule has 0 spiro atoms. The normalized spacial score (nSPS) is 12.4. The van der Waals surface area contributed by atoms with Gasteiger partial charge in [-0.1, -0.05) is 6.07 Å². The van der Waals surface area contributed by atoms with Crippen LogP contribution in [0.1, 0.15) is 30.6 Å². The topological polar surface area (TPSA) is 57.5 Å². The Morgan fingerprint density at radius 1 is 1.53 bits per heavy atom. The van der Waals surface area contributed by atoms with Gasteiger partial charge in [-0.2, -0.15) is 0 Å². The van der Waals surface area contributed by atoms with E-state index in [1.165, 1.54) is 25.1 Å². The monoisotopic (exact) mass is 212 g/mol. The molecule has 0 amide bonds. The Morgan fingerprint density at radius 3 is 2.73 bits per heavy atom. The first kappa shape index (κ1) is 11.5. The molecule has 82 valence electrons. The molecule has 0 aliphatic carbocycles. The number of carboxylic acid groups (broad SMARTS) is 1. The van der Waals surface area contributed by atoms with Gasteiger partial charge in [-0.15, -0.1) is 0 Å². The van der Waals surface area contributed by atoms with Crippen molar-refractivity contribution in [2.45, 2.75) is 25.9 Å². The molecule has 3 nitrogen and oxygen atoms in total. The van der Waals surface area contributed by atoms with E-state index in [0.29, 0.717) is 11.1 Å². The Labute approximate surface area is 87.2 Å². The fourth-order valence-corrected chi connectivity index (χ4v) is 1.29. The van der Waals surface area contributed by atoms with Crippen LogP contribution >= 0.6 is 0 Å². The second kappa shape index (κ2) is 4.77. The minimum Gasteiger partial charge on any atom is -0.508 e.